The third-order valence-corrected chi connectivity index (χ3v) is 6.08. The fourth-order valence-corrected chi connectivity index (χ4v) is 3.78. The number of hydrogen-bond donors (Lipinski definition) is 1. The Morgan fingerprint density at radius 2 is 0.700 bits per heavy atom. The number of hydrogen-bond acceptors (Lipinski definition) is 1. The van der Waals surface area contributed by atoms with Crippen molar-refractivity contribution in [3.63, 3.8) is 0 Å². The first kappa shape index (κ1) is 21.6. The smallest absolute Gasteiger partial charge is 0.0346 e. The molecule has 3 aromatic carbocycles. The van der Waals surface area contributed by atoms with Crippen LogP contribution in [0.25, 0.3) is 24.3 Å². The van der Waals surface area contributed by atoms with E-state index in [1.807, 2.05) is 0 Å². The number of nitrogens with two attached hydrogens (primary N) is 1. The van der Waals surface area contributed by atoms with E-state index in [1.54, 1.807) is 0 Å². The number of anilines is 1. The number of rotatable bonds is 4. The highest BCUT2D eigenvalue weighted by molar-refractivity contribution is 5.78. The number of aryl methyl sites for hydroxylation is 7. The topological polar surface area (TPSA) is 26.0 Å². The maximum absolute atomic E-state index is 6.02. The summed E-state index contributed by atoms with van der Waals surface area (Å²) in [5.74, 6) is 0. The Hall–Kier alpha value is -3.06. The first-order valence-electron chi connectivity index (χ1n) is 10.6. The standard InChI is InChI=1S/C29H33N/c1-18-12-20(3)25(13-19(18)2)8-9-26-14-22(5)27(15-21(26)4)10-11-28-16-24(7)29(30)17-23(28)6/h8-17H,30H2,1-7H3/b9-8+,11-10+. The Morgan fingerprint density at radius 1 is 0.400 bits per heavy atom. The molecular formula is C29H33N. The van der Waals surface area contributed by atoms with Crippen LogP contribution >= 0.6 is 0 Å². The molecule has 154 valence electrons. The number of benzene rings is 3. The van der Waals surface area contributed by atoms with E-state index in [2.05, 4.69) is 109 Å². The third kappa shape index (κ3) is 4.74. The van der Waals surface area contributed by atoms with Crippen LogP contribution < -0.4 is 5.73 Å². The third-order valence-electron chi connectivity index (χ3n) is 6.08. The van der Waals surface area contributed by atoms with E-state index in [9.17, 15) is 0 Å². The lowest BCUT2D eigenvalue weighted by atomic mass is 9.96. The molecule has 1 nitrogen and oxygen atoms in total. The van der Waals surface area contributed by atoms with Gasteiger partial charge in [-0.3, -0.25) is 0 Å². The van der Waals surface area contributed by atoms with Gasteiger partial charge in [0.15, 0.2) is 0 Å². The summed E-state index contributed by atoms with van der Waals surface area (Å²) in [6, 6.07) is 13.3. The monoisotopic (exact) mass is 395 g/mol. The van der Waals surface area contributed by atoms with Gasteiger partial charge < -0.3 is 5.73 Å². The predicted molar refractivity (Wildman–Crippen MR) is 135 cm³/mol. The largest absolute Gasteiger partial charge is 0.399 e. The molecule has 0 saturated heterocycles. The summed E-state index contributed by atoms with van der Waals surface area (Å²) in [6.07, 6.45) is 8.87. The van der Waals surface area contributed by atoms with Gasteiger partial charge in [0.05, 0.1) is 0 Å². The molecule has 0 fully saturated rings. The first-order chi connectivity index (χ1) is 14.2. The molecule has 30 heavy (non-hydrogen) atoms. The molecule has 0 unspecified atom stereocenters. The molecule has 0 heterocycles. The maximum Gasteiger partial charge on any atom is 0.0346 e. The molecule has 0 atom stereocenters. The Labute approximate surface area is 182 Å². The average Bonchev–Trinajstić information content (AvgIpc) is 2.68. The van der Waals surface area contributed by atoms with E-state index in [4.69, 9.17) is 5.73 Å². The van der Waals surface area contributed by atoms with E-state index in [1.165, 1.54) is 55.6 Å². The van der Waals surface area contributed by atoms with Crippen molar-refractivity contribution in [1.82, 2.24) is 0 Å². The molecule has 0 aliphatic carbocycles. The van der Waals surface area contributed by atoms with E-state index >= 15 is 0 Å². The second kappa shape index (κ2) is 8.75. The zero-order valence-electron chi connectivity index (χ0n) is 19.4. The first-order valence-corrected chi connectivity index (χ1v) is 10.6. The van der Waals surface area contributed by atoms with Crippen molar-refractivity contribution < 1.29 is 0 Å². The summed E-state index contributed by atoms with van der Waals surface area (Å²) >= 11 is 0. The fraction of sp³-hybridized carbons (Fsp3) is 0.241. The van der Waals surface area contributed by atoms with Crippen LogP contribution in [0.15, 0.2) is 36.4 Å². The molecule has 0 aromatic heterocycles. The minimum Gasteiger partial charge on any atom is -0.399 e. The van der Waals surface area contributed by atoms with Crippen LogP contribution in [0.5, 0.6) is 0 Å². The van der Waals surface area contributed by atoms with Crippen molar-refractivity contribution in [3.8, 4) is 0 Å². The van der Waals surface area contributed by atoms with Crippen LogP contribution in [-0.4, -0.2) is 0 Å². The molecule has 1 heteroatoms. The Kier molecular flexibility index (Phi) is 6.31. The van der Waals surface area contributed by atoms with Crippen LogP contribution in [0.3, 0.4) is 0 Å². The maximum atomic E-state index is 6.02. The van der Waals surface area contributed by atoms with E-state index in [0.717, 1.165) is 11.3 Å². The van der Waals surface area contributed by atoms with Crippen LogP contribution in [-0.2, 0) is 0 Å². The van der Waals surface area contributed by atoms with Gasteiger partial charge in [-0.25, -0.2) is 0 Å². The van der Waals surface area contributed by atoms with Crippen LogP contribution in [0.4, 0.5) is 5.69 Å². The van der Waals surface area contributed by atoms with Crippen LogP contribution in [0.2, 0.25) is 0 Å². The average molecular weight is 396 g/mol. The van der Waals surface area contributed by atoms with Crippen LogP contribution in [0.1, 0.15) is 61.2 Å². The van der Waals surface area contributed by atoms with Crippen molar-refractivity contribution in [3.05, 3.63) is 97.6 Å². The lowest BCUT2D eigenvalue weighted by Gasteiger charge is -2.09. The second-order valence-electron chi connectivity index (χ2n) is 8.59. The van der Waals surface area contributed by atoms with Crippen molar-refractivity contribution in [2.24, 2.45) is 0 Å². The molecular weight excluding hydrogens is 362 g/mol. The summed E-state index contributed by atoms with van der Waals surface area (Å²) in [5.41, 5.74) is 20.8. The molecule has 2 N–H and O–H groups in total. The van der Waals surface area contributed by atoms with E-state index in [-0.39, 0.29) is 0 Å². The summed E-state index contributed by atoms with van der Waals surface area (Å²) in [5, 5.41) is 0. The second-order valence-corrected chi connectivity index (χ2v) is 8.59. The van der Waals surface area contributed by atoms with Gasteiger partial charge in [-0.05, 0) is 122 Å². The quantitative estimate of drug-likeness (QED) is 0.354. The molecule has 3 aromatic rings. The normalized spacial score (nSPS) is 11.7. The zero-order valence-corrected chi connectivity index (χ0v) is 19.4. The van der Waals surface area contributed by atoms with Gasteiger partial charge in [0.25, 0.3) is 0 Å². The van der Waals surface area contributed by atoms with Crippen molar-refractivity contribution in [2.75, 3.05) is 5.73 Å². The molecule has 3 rings (SSSR count). The highest BCUT2D eigenvalue weighted by Gasteiger charge is 2.04. The van der Waals surface area contributed by atoms with Gasteiger partial charge in [-0.2, -0.15) is 0 Å². The Bertz CT molecular complexity index is 1070. The molecule has 0 aliphatic heterocycles. The summed E-state index contributed by atoms with van der Waals surface area (Å²) in [7, 11) is 0. The highest BCUT2D eigenvalue weighted by Crippen LogP contribution is 2.24. The predicted octanol–water partition coefficient (Wildman–Crippen LogP) is 7.77. The molecule has 0 radical (unpaired) electrons. The molecule has 0 saturated carbocycles. The summed E-state index contributed by atoms with van der Waals surface area (Å²) < 4.78 is 0. The molecule has 0 spiro atoms. The van der Waals surface area contributed by atoms with Gasteiger partial charge in [0.1, 0.15) is 0 Å². The van der Waals surface area contributed by atoms with Crippen molar-refractivity contribution in [2.45, 2.75) is 48.5 Å². The van der Waals surface area contributed by atoms with E-state index in [0.29, 0.717) is 0 Å². The van der Waals surface area contributed by atoms with E-state index < -0.39 is 0 Å². The molecule has 0 bridgehead atoms. The SMILES string of the molecule is Cc1cc(C)c(/C=C/c2cc(C)c(/C=C/c3cc(C)c(N)cc3C)cc2C)cc1C. The summed E-state index contributed by atoms with van der Waals surface area (Å²) in [4.78, 5) is 0. The highest BCUT2D eigenvalue weighted by atomic mass is 14.6. The number of nitrogen functional groups attached to an aromatic ring is 1. The van der Waals surface area contributed by atoms with Gasteiger partial charge in [0, 0.05) is 5.69 Å². The van der Waals surface area contributed by atoms with Gasteiger partial charge in [-0.15, -0.1) is 0 Å². The Morgan fingerprint density at radius 3 is 1.17 bits per heavy atom. The minimum atomic E-state index is 0.854. The molecule has 0 amide bonds. The lowest BCUT2D eigenvalue weighted by Crippen LogP contribution is -1.92. The Balaban J connectivity index is 1.89. The lowest BCUT2D eigenvalue weighted by molar-refractivity contribution is 1.29. The van der Waals surface area contributed by atoms with Gasteiger partial charge >= 0.3 is 0 Å². The summed E-state index contributed by atoms with van der Waals surface area (Å²) in [6.45, 7) is 15.0. The van der Waals surface area contributed by atoms with Crippen molar-refractivity contribution >= 4 is 30.0 Å². The van der Waals surface area contributed by atoms with Gasteiger partial charge in [0.2, 0.25) is 0 Å². The zero-order chi connectivity index (χ0) is 22.0. The molecule has 0 aliphatic rings. The fourth-order valence-electron chi connectivity index (χ4n) is 3.78. The van der Waals surface area contributed by atoms with Gasteiger partial charge in [-0.1, -0.05) is 48.6 Å². The van der Waals surface area contributed by atoms with Crippen LogP contribution in [0, 0.1) is 48.5 Å². The minimum absolute atomic E-state index is 0.854. The van der Waals surface area contributed by atoms with Crippen molar-refractivity contribution in [1.29, 1.82) is 0 Å².